The lowest BCUT2D eigenvalue weighted by molar-refractivity contribution is -0.124. The topological polar surface area (TPSA) is 32.3 Å². The fraction of sp³-hybridized carbons (Fsp3) is 0.588. The van der Waals surface area contributed by atoms with Crippen LogP contribution in [0.2, 0.25) is 0 Å². The van der Waals surface area contributed by atoms with Crippen LogP contribution in [-0.2, 0) is 11.2 Å². The zero-order valence-electron chi connectivity index (χ0n) is 13.5. The van der Waals surface area contributed by atoms with Gasteiger partial charge in [0.1, 0.15) is 5.82 Å². The van der Waals surface area contributed by atoms with Gasteiger partial charge in [0.15, 0.2) is 0 Å². The Morgan fingerprint density at radius 1 is 1.19 bits per heavy atom. The van der Waals surface area contributed by atoms with E-state index in [1.165, 1.54) is 12.1 Å². The second kappa shape index (κ2) is 8.78. The van der Waals surface area contributed by atoms with Crippen molar-refractivity contribution in [2.24, 2.45) is 5.92 Å². The number of rotatable bonds is 8. The monoisotopic (exact) mass is 294 g/mol. The van der Waals surface area contributed by atoms with E-state index in [9.17, 15) is 9.18 Å². The van der Waals surface area contributed by atoms with Gasteiger partial charge >= 0.3 is 0 Å². The Labute approximate surface area is 127 Å². The maximum absolute atomic E-state index is 12.9. The first-order chi connectivity index (χ1) is 9.97. The Kier molecular flexibility index (Phi) is 7.37. The van der Waals surface area contributed by atoms with Gasteiger partial charge in [-0.3, -0.25) is 9.69 Å². The van der Waals surface area contributed by atoms with Crippen molar-refractivity contribution in [3.05, 3.63) is 35.6 Å². The second-order valence-electron chi connectivity index (χ2n) is 5.55. The zero-order chi connectivity index (χ0) is 15.8. The molecule has 0 bridgehead atoms. The summed E-state index contributed by atoms with van der Waals surface area (Å²) in [5.74, 6) is -0.304. The number of halogens is 1. The molecule has 1 aromatic carbocycles. The molecular formula is C17H27FN2O. The Balaban J connectivity index is 2.42. The highest BCUT2D eigenvalue weighted by Gasteiger charge is 2.16. The van der Waals surface area contributed by atoms with E-state index in [2.05, 4.69) is 31.0 Å². The van der Waals surface area contributed by atoms with Gasteiger partial charge in [-0.05, 0) is 44.1 Å². The molecule has 21 heavy (non-hydrogen) atoms. The summed E-state index contributed by atoms with van der Waals surface area (Å²) in [7, 11) is 0. The van der Waals surface area contributed by atoms with E-state index >= 15 is 0 Å². The number of nitrogens with one attached hydrogen (secondary N) is 1. The summed E-state index contributed by atoms with van der Waals surface area (Å²) in [5.41, 5.74) is 0.982. The lowest BCUT2D eigenvalue weighted by Crippen LogP contribution is -2.43. The van der Waals surface area contributed by atoms with Crippen LogP contribution in [0.25, 0.3) is 0 Å². The minimum absolute atomic E-state index is 0.0540. The van der Waals surface area contributed by atoms with Crippen molar-refractivity contribution in [1.82, 2.24) is 10.2 Å². The number of carbonyl (C=O) groups is 1. The number of nitrogens with zero attached hydrogens (tertiary/aromatic N) is 1. The molecule has 0 fully saturated rings. The predicted molar refractivity (Wildman–Crippen MR) is 84.7 cm³/mol. The van der Waals surface area contributed by atoms with Crippen LogP contribution in [0.1, 0.15) is 33.3 Å². The van der Waals surface area contributed by atoms with E-state index in [0.29, 0.717) is 19.0 Å². The molecule has 1 N–H and O–H groups in total. The summed E-state index contributed by atoms with van der Waals surface area (Å²) >= 11 is 0. The smallest absolute Gasteiger partial charge is 0.223 e. The molecule has 1 rings (SSSR count). The largest absolute Gasteiger partial charge is 0.354 e. The molecule has 4 heteroatoms. The molecule has 118 valence electrons. The molecule has 0 spiro atoms. The van der Waals surface area contributed by atoms with Crippen LogP contribution in [0.5, 0.6) is 0 Å². The molecule has 0 aliphatic rings. The van der Waals surface area contributed by atoms with Gasteiger partial charge in [0.25, 0.3) is 0 Å². The molecule has 1 aromatic rings. The normalized spacial score (nSPS) is 14.0. The van der Waals surface area contributed by atoms with E-state index in [4.69, 9.17) is 0 Å². The summed E-state index contributed by atoms with van der Waals surface area (Å²) in [6.07, 6.45) is 0.631. The number of hydrogen-bond acceptors (Lipinski definition) is 2. The highest BCUT2D eigenvalue weighted by atomic mass is 19.1. The minimum Gasteiger partial charge on any atom is -0.354 e. The van der Waals surface area contributed by atoms with Crippen LogP contribution in [0.15, 0.2) is 24.3 Å². The van der Waals surface area contributed by atoms with Crippen LogP contribution in [-0.4, -0.2) is 36.5 Å². The fourth-order valence-electron chi connectivity index (χ4n) is 2.47. The first kappa shape index (κ1) is 17.6. The van der Waals surface area contributed by atoms with E-state index in [1.807, 2.05) is 6.92 Å². The predicted octanol–water partition coefficient (Wildman–Crippen LogP) is 2.85. The Hall–Kier alpha value is -1.42. The number of hydrogen-bond donors (Lipinski definition) is 1. The molecule has 0 radical (unpaired) electrons. The van der Waals surface area contributed by atoms with Crippen molar-refractivity contribution in [3.8, 4) is 0 Å². The number of benzene rings is 1. The van der Waals surface area contributed by atoms with Crippen molar-refractivity contribution in [2.45, 2.75) is 40.2 Å². The van der Waals surface area contributed by atoms with Gasteiger partial charge in [-0.1, -0.05) is 32.9 Å². The Bertz CT molecular complexity index is 429. The van der Waals surface area contributed by atoms with Gasteiger partial charge in [-0.15, -0.1) is 0 Å². The molecule has 0 heterocycles. The lowest BCUT2D eigenvalue weighted by atomic mass is 10.0. The van der Waals surface area contributed by atoms with Crippen LogP contribution in [0.4, 0.5) is 4.39 Å². The van der Waals surface area contributed by atoms with Gasteiger partial charge in [-0.2, -0.15) is 0 Å². The number of amides is 1. The SMILES string of the molecule is CCN(CC)C(C)CNC(=O)C(C)Cc1ccc(F)cc1. The lowest BCUT2D eigenvalue weighted by Gasteiger charge is -2.27. The first-order valence-corrected chi connectivity index (χ1v) is 7.74. The molecule has 0 aromatic heterocycles. The molecule has 3 nitrogen and oxygen atoms in total. The average molecular weight is 294 g/mol. The van der Waals surface area contributed by atoms with Crippen LogP contribution < -0.4 is 5.32 Å². The van der Waals surface area contributed by atoms with Crippen molar-refractivity contribution < 1.29 is 9.18 Å². The molecular weight excluding hydrogens is 267 g/mol. The van der Waals surface area contributed by atoms with Crippen LogP contribution in [0, 0.1) is 11.7 Å². The number of likely N-dealkylation sites (N-methyl/N-ethyl adjacent to an activating group) is 1. The van der Waals surface area contributed by atoms with Crippen molar-refractivity contribution in [1.29, 1.82) is 0 Å². The zero-order valence-corrected chi connectivity index (χ0v) is 13.5. The fourth-order valence-corrected chi connectivity index (χ4v) is 2.47. The van der Waals surface area contributed by atoms with E-state index in [1.54, 1.807) is 12.1 Å². The third kappa shape index (κ3) is 5.84. The molecule has 0 aliphatic carbocycles. The molecule has 2 atom stereocenters. The minimum atomic E-state index is -0.246. The van der Waals surface area contributed by atoms with Crippen LogP contribution >= 0.6 is 0 Å². The van der Waals surface area contributed by atoms with Gasteiger partial charge in [0, 0.05) is 18.5 Å². The summed E-state index contributed by atoms with van der Waals surface area (Å²) in [5, 5.41) is 3.01. The molecule has 1 amide bonds. The average Bonchev–Trinajstić information content (AvgIpc) is 2.48. The van der Waals surface area contributed by atoms with E-state index in [0.717, 1.165) is 18.7 Å². The van der Waals surface area contributed by atoms with Gasteiger partial charge < -0.3 is 5.32 Å². The molecule has 0 saturated carbocycles. The maximum Gasteiger partial charge on any atom is 0.223 e. The van der Waals surface area contributed by atoms with Crippen LogP contribution in [0.3, 0.4) is 0 Å². The van der Waals surface area contributed by atoms with Gasteiger partial charge in [0.05, 0.1) is 0 Å². The summed E-state index contributed by atoms with van der Waals surface area (Å²) < 4.78 is 12.9. The maximum atomic E-state index is 12.9. The Morgan fingerprint density at radius 2 is 1.76 bits per heavy atom. The van der Waals surface area contributed by atoms with Crippen molar-refractivity contribution in [3.63, 3.8) is 0 Å². The van der Waals surface area contributed by atoms with Crippen molar-refractivity contribution in [2.75, 3.05) is 19.6 Å². The van der Waals surface area contributed by atoms with E-state index in [-0.39, 0.29) is 17.6 Å². The molecule has 0 aliphatic heterocycles. The number of carbonyl (C=O) groups excluding carboxylic acids is 1. The van der Waals surface area contributed by atoms with E-state index < -0.39 is 0 Å². The third-order valence-corrected chi connectivity index (χ3v) is 3.91. The van der Waals surface area contributed by atoms with Gasteiger partial charge in [0.2, 0.25) is 5.91 Å². The highest BCUT2D eigenvalue weighted by molar-refractivity contribution is 5.78. The first-order valence-electron chi connectivity index (χ1n) is 7.74. The molecule has 0 saturated heterocycles. The van der Waals surface area contributed by atoms with Crippen molar-refractivity contribution >= 4 is 5.91 Å². The quantitative estimate of drug-likeness (QED) is 0.799. The second-order valence-corrected chi connectivity index (χ2v) is 5.55. The summed E-state index contributed by atoms with van der Waals surface area (Å²) in [6.45, 7) is 10.9. The summed E-state index contributed by atoms with van der Waals surface area (Å²) in [6, 6.07) is 6.67. The highest BCUT2D eigenvalue weighted by Crippen LogP contribution is 2.10. The summed E-state index contributed by atoms with van der Waals surface area (Å²) in [4.78, 5) is 14.4. The standard InChI is InChI=1S/C17H27FN2O/c1-5-20(6-2)14(4)12-19-17(21)13(3)11-15-7-9-16(18)10-8-15/h7-10,13-14H,5-6,11-12H2,1-4H3,(H,19,21). The molecule has 2 unspecified atom stereocenters. The Morgan fingerprint density at radius 3 is 2.29 bits per heavy atom. The van der Waals surface area contributed by atoms with Gasteiger partial charge in [-0.25, -0.2) is 4.39 Å². The third-order valence-electron chi connectivity index (χ3n) is 3.91.